The van der Waals surface area contributed by atoms with E-state index in [2.05, 4.69) is 0 Å². The molecule has 0 unspecified atom stereocenters. The lowest BCUT2D eigenvalue weighted by Crippen LogP contribution is -2.14. The van der Waals surface area contributed by atoms with Crippen molar-refractivity contribution in [1.82, 2.24) is 0 Å². The molecule has 0 heterocycles. The predicted molar refractivity (Wildman–Crippen MR) is 73.7 cm³/mol. The van der Waals surface area contributed by atoms with Crippen LogP contribution in [0.4, 0.5) is 0 Å². The smallest absolute Gasteiger partial charge is 0.302 e. The van der Waals surface area contributed by atoms with Crippen molar-refractivity contribution in [2.24, 2.45) is 0 Å². The number of sulfone groups is 1. The van der Waals surface area contributed by atoms with Crippen molar-refractivity contribution in [3.8, 4) is 0 Å². The van der Waals surface area contributed by atoms with E-state index in [9.17, 15) is 13.2 Å². The maximum atomic E-state index is 12.0. The van der Waals surface area contributed by atoms with Gasteiger partial charge in [0, 0.05) is 6.92 Å². The first-order chi connectivity index (χ1) is 8.81. The van der Waals surface area contributed by atoms with Gasteiger partial charge in [-0.2, -0.15) is 0 Å². The number of aryl methyl sites for hydroxylation is 1. The molecule has 0 saturated carbocycles. The highest BCUT2D eigenvalue weighted by atomic mass is 32.2. The van der Waals surface area contributed by atoms with Gasteiger partial charge < -0.3 is 4.74 Å². The third kappa shape index (κ3) is 5.42. The molecule has 0 fully saturated rings. The molecular weight excluding hydrogens is 264 g/mol. The number of hydrogen-bond acceptors (Lipinski definition) is 4. The van der Waals surface area contributed by atoms with Crippen LogP contribution in [-0.2, 0) is 19.4 Å². The summed E-state index contributed by atoms with van der Waals surface area (Å²) in [6.07, 6.45) is 0.778. The molecule has 0 spiro atoms. The molecule has 0 aliphatic heterocycles. The van der Waals surface area contributed by atoms with Gasteiger partial charge in [-0.3, -0.25) is 4.79 Å². The molecule has 19 heavy (non-hydrogen) atoms. The summed E-state index contributed by atoms with van der Waals surface area (Å²) in [7, 11) is -3.24. The van der Waals surface area contributed by atoms with Crippen molar-refractivity contribution in [3.63, 3.8) is 0 Å². The zero-order chi connectivity index (χ0) is 14.5. The minimum absolute atomic E-state index is 0.0711. The fourth-order valence-electron chi connectivity index (χ4n) is 1.77. The molecular formula is C14H20O4S. The van der Waals surface area contributed by atoms with Crippen molar-refractivity contribution in [2.45, 2.75) is 44.6 Å². The number of carbonyl (C=O) groups excluding carboxylic acids is 1. The molecule has 1 aromatic carbocycles. The van der Waals surface area contributed by atoms with E-state index in [0.29, 0.717) is 17.7 Å². The lowest BCUT2D eigenvalue weighted by molar-refractivity contribution is -0.145. The van der Waals surface area contributed by atoms with Crippen LogP contribution in [0.15, 0.2) is 29.2 Å². The Morgan fingerprint density at radius 2 is 1.84 bits per heavy atom. The lowest BCUT2D eigenvalue weighted by atomic mass is 10.2. The molecule has 1 atom stereocenters. The third-order valence-electron chi connectivity index (χ3n) is 2.77. The summed E-state index contributed by atoms with van der Waals surface area (Å²) in [5, 5.41) is 0. The molecule has 0 radical (unpaired) electrons. The van der Waals surface area contributed by atoms with E-state index in [-0.39, 0.29) is 17.8 Å². The van der Waals surface area contributed by atoms with Crippen LogP contribution in [0.1, 0.15) is 32.3 Å². The monoisotopic (exact) mass is 284 g/mol. The van der Waals surface area contributed by atoms with Gasteiger partial charge in [0.25, 0.3) is 0 Å². The summed E-state index contributed by atoms with van der Waals surface area (Å²) in [6, 6.07) is 6.82. The van der Waals surface area contributed by atoms with Gasteiger partial charge >= 0.3 is 5.97 Å². The summed E-state index contributed by atoms with van der Waals surface area (Å²) in [6.45, 7) is 5.02. The van der Waals surface area contributed by atoms with Crippen molar-refractivity contribution in [1.29, 1.82) is 0 Å². The van der Waals surface area contributed by atoms with E-state index in [1.54, 1.807) is 31.2 Å². The van der Waals surface area contributed by atoms with Crippen molar-refractivity contribution in [2.75, 3.05) is 5.75 Å². The fraction of sp³-hybridized carbons (Fsp3) is 0.500. The Morgan fingerprint density at radius 1 is 1.26 bits per heavy atom. The topological polar surface area (TPSA) is 60.4 Å². The molecule has 0 N–H and O–H groups in total. The average Bonchev–Trinajstić information content (AvgIpc) is 2.28. The van der Waals surface area contributed by atoms with Crippen LogP contribution in [-0.4, -0.2) is 26.2 Å². The Hall–Kier alpha value is -1.36. The summed E-state index contributed by atoms with van der Waals surface area (Å²) < 4.78 is 29.0. The SMILES string of the molecule is CC(=O)O[C@H](C)CCCS(=O)(=O)c1ccc(C)cc1. The Bertz CT molecular complexity index is 517. The highest BCUT2D eigenvalue weighted by Gasteiger charge is 2.15. The maximum absolute atomic E-state index is 12.0. The molecule has 0 saturated heterocycles. The summed E-state index contributed by atoms with van der Waals surface area (Å²) >= 11 is 0. The summed E-state index contributed by atoms with van der Waals surface area (Å²) in [5.74, 6) is -0.268. The molecule has 0 bridgehead atoms. The van der Waals surface area contributed by atoms with Gasteiger partial charge in [0.1, 0.15) is 0 Å². The number of benzene rings is 1. The second kappa shape index (κ2) is 6.70. The van der Waals surface area contributed by atoms with Crippen molar-refractivity contribution in [3.05, 3.63) is 29.8 Å². The molecule has 0 aliphatic rings. The van der Waals surface area contributed by atoms with E-state index in [4.69, 9.17) is 4.74 Å². The first-order valence-electron chi connectivity index (χ1n) is 6.28. The van der Waals surface area contributed by atoms with Gasteiger partial charge in [-0.05, 0) is 38.8 Å². The maximum Gasteiger partial charge on any atom is 0.302 e. The number of esters is 1. The first kappa shape index (κ1) is 15.7. The fourth-order valence-corrected chi connectivity index (χ4v) is 3.10. The molecule has 5 heteroatoms. The van der Waals surface area contributed by atoms with Gasteiger partial charge in [0.15, 0.2) is 9.84 Å². The standard InChI is InChI=1S/C14H20O4S/c1-11-6-8-14(9-7-11)19(16,17)10-4-5-12(2)18-13(3)15/h6-9,12H,4-5,10H2,1-3H3/t12-/m1/s1. The van der Waals surface area contributed by atoms with Crippen LogP contribution in [0.3, 0.4) is 0 Å². The highest BCUT2D eigenvalue weighted by Crippen LogP contribution is 2.14. The number of ether oxygens (including phenoxy) is 1. The predicted octanol–water partition coefficient (Wildman–Crippen LogP) is 2.50. The second-order valence-electron chi connectivity index (χ2n) is 4.69. The minimum atomic E-state index is -3.24. The van der Waals surface area contributed by atoms with Crippen molar-refractivity contribution < 1.29 is 17.9 Å². The van der Waals surface area contributed by atoms with Crippen LogP contribution in [0, 0.1) is 6.92 Å². The normalized spacial score (nSPS) is 13.0. The van der Waals surface area contributed by atoms with E-state index in [0.717, 1.165) is 5.56 Å². The average molecular weight is 284 g/mol. The molecule has 106 valence electrons. The lowest BCUT2D eigenvalue weighted by Gasteiger charge is -2.11. The van der Waals surface area contributed by atoms with Gasteiger partial charge in [0.2, 0.25) is 0 Å². The first-order valence-corrected chi connectivity index (χ1v) is 7.93. The van der Waals surface area contributed by atoms with Gasteiger partial charge in [-0.15, -0.1) is 0 Å². The minimum Gasteiger partial charge on any atom is -0.463 e. The molecule has 1 aromatic rings. The van der Waals surface area contributed by atoms with Gasteiger partial charge in [0.05, 0.1) is 16.8 Å². The van der Waals surface area contributed by atoms with E-state index < -0.39 is 9.84 Å². The van der Waals surface area contributed by atoms with Crippen LogP contribution < -0.4 is 0 Å². The molecule has 0 amide bonds. The Balaban J connectivity index is 2.52. The number of hydrogen-bond donors (Lipinski definition) is 0. The third-order valence-corrected chi connectivity index (χ3v) is 4.59. The zero-order valence-corrected chi connectivity index (χ0v) is 12.4. The molecule has 4 nitrogen and oxygen atoms in total. The highest BCUT2D eigenvalue weighted by molar-refractivity contribution is 7.91. The Morgan fingerprint density at radius 3 is 2.37 bits per heavy atom. The number of rotatable bonds is 6. The van der Waals surface area contributed by atoms with Crippen LogP contribution >= 0.6 is 0 Å². The second-order valence-corrected chi connectivity index (χ2v) is 6.80. The summed E-state index contributed by atoms with van der Waals surface area (Å²) in [5.41, 5.74) is 1.03. The molecule has 0 aliphatic carbocycles. The Labute approximate surface area is 114 Å². The van der Waals surface area contributed by atoms with Gasteiger partial charge in [-0.25, -0.2) is 8.42 Å². The molecule has 1 rings (SSSR count). The molecule has 0 aromatic heterocycles. The zero-order valence-electron chi connectivity index (χ0n) is 11.5. The quantitative estimate of drug-likeness (QED) is 0.753. The largest absolute Gasteiger partial charge is 0.463 e. The van der Waals surface area contributed by atoms with Crippen LogP contribution in [0.25, 0.3) is 0 Å². The van der Waals surface area contributed by atoms with E-state index in [1.807, 2.05) is 6.92 Å². The van der Waals surface area contributed by atoms with Gasteiger partial charge in [-0.1, -0.05) is 17.7 Å². The van der Waals surface area contributed by atoms with E-state index >= 15 is 0 Å². The Kier molecular flexibility index (Phi) is 5.54. The van der Waals surface area contributed by atoms with Crippen molar-refractivity contribution >= 4 is 15.8 Å². The van der Waals surface area contributed by atoms with Crippen LogP contribution in [0.2, 0.25) is 0 Å². The van der Waals surface area contributed by atoms with E-state index in [1.165, 1.54) is 6.92 Å². The van der Waals surface area contributed by atoms with Crippen LogP contribution in [0.5, 0.6) is 0 Å². The number of carbonyl (C=O) groups is 1. The summed E-state index contributed by atoms with van der Waals surface area (Å²) in [4.78, 5) is 11.1.